The molecule has 0 unspecified atom stereocenters. The van der Waals surface area contributed by atoms with Crippen molar-refractivity contribution in [2.24, 2.45) is 5.73 Å². The van der Waals surface area contributed by atoms with Crippen molar-refractivity contribution in [3.05, 3.63) is 0 Å². The maximum absolute atomic E-state index is 8.60. The Morgan fingerprint density at radius 2 is 1.50 bits per heavy atom. The Morgan fingerprint density at radius 1 is 1.50 bits per heavy atom. The van der Waals surface area contributed by atoms with Gasteiger partial charge in [-0.2, -0.15) is 14.0 Å². The molecule has 0 heterocycles. The highest BCUT2D eigenvalue weighted by Gasteiger charge is 1.98. The number of nitrogens with two attached hydrogens (primary N) is 1. The minimum Gasteiger partial charge on any atom is -0.390 e. The fraction of sp³-hybridized carbons (Fsp3) is 0. The molecule has 0 aromatic heterocycles. The van der Waals surface area contributed by atoms with Crippen LogP contribution in [0, 0.1) is 15.7 Å². The van der Waals surface area contributed by atoms with Crippen molar-refractivity contribution in [3.63, 3.8) is 0 Å². The average molecular weight is 145 g/mol. The average Bonchev–Trinajstić information content (AvgIpc) is 1.27. The number of nitrogens with one attached hydrogen (secondary N) is 1. The van der Waals surface area contributed by atoms with E-state index >= 15 is 0 Å². The van der Waals surface area contributed by atoms with E-state index in [4.69, 9.17) is 24.0 Å². The summed E-state index contributed by atoms with van der Waals surface area (Å²) in [6, 6.07) is 0. The second-order valence-corrected chi connectivity index (χ2v) is 1.35. The van der Waals surface area contributed by atoms with E-state index in [1.807, 2.05) is 0 Å². The van der Waals surface area contributed by atoms with Crippen molar-refractivity contribution in [2.45, 2.75) is 0 Å². The lowest BCUT2D eigenvalue weighted by Gasteiger charge is -2.03. The van der Waals surface area contributed by atoms with Crippen LogP contribution < -0.4 is 19.7 Å². The van der Waals surface area contributed by atoms with Crippen LogP contribution in [0.2, 0.25) is 0 Å². The summed E-state index contributed by atoms with van der Waals surface area (Å²) in [6.45, 7) is 0. The highest BCUT2D eigenvalue weighted by atomic mass is 35.7. The van der Waals surface area contributed by atoms with Crippen LogP contribution in [0.25, 0.3) is 0 Å². The molecule has 0 atom stereocenters. The van der Waals surface area contributed by atoms with Gasteiger partial charge in [0.2, 0.25) is 0 Å². The molecule has 7 heteroatoms. The van der Waals surface area contributed by atoms with E-state index in [9.17, 15) is 0 Å². The molecule has 0 aliphatic rings. The van der Waals surface area contributed by atoms with Crippen LogP contribution in [0.15, 0.2) is 0 Å². The van der Waals surface area contributed by atoms with Gasteiger partial charge in [0.15, 0.2) is 0 Å². The summed E-state index contributed by atoms with van der Waals surface area (Å²) < 4.78 is 32.7. The number of hydrogen-bond acceptors (Lipinski definition) is 5. The van der Waals surface area contributed by atoms with Crippen LogP contribution in [0.5, 0.6) is 0 Å². The Labute approximate surface area is 47.4 Å². The summed E-state index contributed by atoms with van der Waals surface area (Å²) >= 11 is 0. The van der Waals surface area contributed by atoms with Crippen LogP contribution in [-0.4, -0.2) is 11.0 Å². The molecular weight excluding hydrogens is 139 g/mol. The number of rotatable bonds is 0. The van der Waals surface area contributed by atoms with E-state index < -0.39 is 10.2 Å². The maximum Gasteiger partial charge on any atom is 0.0777 e. The van der Waals surface area contributed by atoms with E-state index in [1.165, 1.54) is 0 Å². The maximum atomic E-state index is 8.60. The Morgan fingerprint density at radius 3 is 1.50 bits per heavy atom. The summed E-state index contributed by atoms with van der Waals surface area (Å²) in [5.41, 5.74) is 4.39. The molecule has 0 aliphatic heterocycles. The summed E-state index contributed by atoms with van der Waals surface area (Å²) in [6.07, 6.45) is 0.750. The first-order chi connectivity index (χ1) is 3.41. The van der Waals surface area contributed by atoms with Crippen molar-refractivity contribution < 1.29 is 28.9 Å². The largest absolute Gasteiger partial charge is 0.390 e. The molecule has 0 bridgehead atoms. The molecule has 0 spiro atoms. The molecule has 0 amide bonds. The second kappa shape index (κ2) is 4.75. The van der Waals surface area contributed by atoms with Crippen molar-refractivity contribution in [1.29, 1.82) is 5.41 Å². The molecule has 0 aromatic rings. The van der Waals surface area contributed by atoms with E-state index in [0.29, 0.717) is 0 Å². The first-order valence-corrected chi connectivity index (χ1v) is 2.52. The molecule has 0 radical (unpaired) electrons. The predicted molar refractivity (Wildman–Crippen MR) is 15.2 cm³/mol. The number of hydrogen-bond donors (Lipinski definition) is 3. The van der Waals surface area contributed by atoms with Crippen molar-refractivity contribution >= 4 is 6.34 Å². The summed E-state index contributed by atoms with van der Waals surface area (Å²) in [7, 11) is -4.69. The molecule has 0 aliphatic carbocycles. The Kier molecular flexibility index (Phi) is 6.27. The van der Waals surface area contributed by atoms with Crippen LogP contribution in [0.1, 0.15) is 0 Å². The van der Waals surface area contributed by atoms with Gasteiger partial charge in [0, 0.05) is 0 Å². The molecule has 0 saturated heterocycles. The molecule has 8 heavy (non-hydrogen) atoms. The molecule has 0 aromatic carbocycles. The Bertz CT molecular complexity index is 53.5. The van der Waals surface area contributed by atoms with Gasteiger partial charge in [-0.3, -0.25) is 5.41 Å². The summed E-state index contributed by atoms with van der Waals surface area (Å²) in [4.78, 5) is 0. The van der Waals surface area contributed by atoms with Crippen molar-refractivity contribution in [2.75, 3.05) is 0 Å². The first-order valence-electron chi connectivity index (χ1n) is 1.25. The number of halogens is 1. The smallest absolute Gasteiger partial charge is 0.0777 e. The fourth-order valence-corrected chi connectivity index (χ4v) is 0. The van der Waals surface area contributed by atoms with Crippen molar-refractivity contribution in [1.82, 2.24) is 0 Å². The van der Waals surface area contributed by atoms with E-state index in [-0.39, 0.29) is 0 Å². The highest BCUT2D eigenvalue weighted by molar-refractivity contribution is 5.46. The van der Waals surface area contributed by atoms with E-state index in [1.54, 1.807) is 0 Å². The van der Waals surface area contributed by atoms with Gasteiger partial charge in [0.25, 0.3) is 0 Å². The summed E-state index contributed by atoms with van der Waals surface area (Å²) in [5.74, 6) is 0. The zero-order valence-corrected chi connectivity index (χ0v) is 4.46. The highest BCUT2D eigenvalue weighted by Crippen LogP contribution is 1.60. The van der Waals surface area contributed by atoms with Gasteiger partial charge in [0.05, 0.1) is 21.2 Å². The second-order valence-electron chi connectivity index (χ2n) is 0.563. The molecule has 6 nitrogen and oxygen atoms in total. The Hall–Kier alpha value is -0.400. The van der Waals surface area contributed by atoms with Gasteiger partial charge in [-0.05, 0) is 0 Å². The third-order valence-electron chi connectivity index (χ3n) is 0. The van der Waals surface area contributed by atoms with Gasteiger partial charge in [0.1, 0.15) is 0 Å². The fourth-order valence-electron chi connectivity index (χ4n) is 0. The van der Waals surface area contributed by atoms with Gasteiger partial charge in [-0.15, -0.1) is 0 Å². The van der Waals surface area contributed by atoms with Gasteiger partial charge in [-0.25, -0.2) is 0 Å². The minimum atomic E-state index is -4.69. The minimum absolute atomic E-state index is 0.750. The van der Waals surface area contributed by atoms with Gasteiger partial charge < -0.3 is 5.73 Å². The zero-order chi connectivity index (χ0) is 7.21. The first kappa shape index (κ1) is 10.6. The van der Waals surface area contributed by atoms with Gasteiger partial charge in [-0.1, -0.05) is 0 Å². The van der Waals surface area contributed by atoms with Crippen molar-refractivity contribution in [3.8, 4) is 0 Å². The lowest BCUT2D eigenvalue weighted by Crippen LogP contribution is -2.58. The van der Waals surface area contributed by atoms with Crippen LogP contribution in [0.4, 0.5) is 0 Å². The molecule has 50 valence electrons. The molecule has 4 N–H and O–H groups in total. The lowest BCUT2D eigenvalue weighted by molar-refractivity contribution is -1.92. The van der Waals surface area contributed by atoms with E-state index in [0.717, 1.165) is 6.34 Å². The quantitative estimate of drug-likeness (QED) is 0.232. The third-order valence-corrected chi connectivity index (χ3v) is 0. The monoisotopic (exact) mass is 144 g/mol. The molecule has 0 fully saturated rings. The molecular formula is CH5ClN2O4. The Balaban J connectivity index is 0. The SMILES string of the molecule is N=CN.[O-][Cl+3]([O-])([O-])O. The third kappa shape index (κ3) is 741. The topological polar surface area (TPSA) is 139 Å². The normalized spacial score (nSPS) is 9.00. The molecule has 0 saturated carbocycles. The van der Waals surface area contributed by atoms with Crippen LogP contribution in [-0.2, 0) is 0 Å². The van der Waals surface area contributed by atoms with Gasteiger partial charge >= 0.3 is 0 Å². The standard InChI is InChI=1S/CH4N2.ClHO4/c2-1-3;2-1(3,4)5/h1H,(H3,2,3);(H,2,3,4,5). The molecule has 0 rings (SSSR count). The van der Waals surface area contributed by atoms with E-state index in [2.05, 4.69) is 5.73 Å². The zero-order valence-electron chi connectivity index (χ0n) is 3.70. The lowest BCUT2D eigenvalue weighted by atomic mass is 11.4. The summed E-state index contributed by atoms with van der Waals surface area (Å²) in [5, 5.41) is 5.86. The van der Waals surface area contributed by atoms with Crippen LogP contribution >= 0.6 is 0 Å². The van der Waals surface area contributed by atoms with Crippen LogP contribution in [0.3, 0.4) is 0 Å². The predicted octanol–water partition coefficient (Wildman–Crippen LogP) is -4.57.